The van der Waals surface area contributed by atoms with E-state index in [-0.39, 0.29) is 11.9 Å². The van der Waals surface area contributed by atoms with Gasteiger partial charge in [-0.15, -0.1) is 0 Å². The van der Waals surface area contributed by atoms with E-state index in [2.05, 4.69) is 15.7 Å². The van der Waals surface area contributed by atoms with Crippen molar-refractivity contribution in [3.63, 3.8) is 0 Å². The molecular formula is C19H25N5O2. The van der Waals surface area contributed by atoms with E-state index in [9.17, 15) is 9.59 Å². The van der Waals surface area contributed by atoms with Gasteiger partial charge in [-0.25, -0.2) is 4.79 Å². The van der Waals surface area contributed by atoms with Gasteiger partial charge in [0.15, 0.2) is 0 Å². The molecule has 1 aromatic heterocycles. The van der Waals surface area contributed by atoms with E-state index in [4.69, 9.17) is 0 Å². The Morgan fingerprint density at radius 2 is 2.12 bits per heavy atom. The molecule has 0 aliphatic heterocycles. The molecule has 0 radical (unpaired) electrons. The van der Waals surface area contributed by atoms with Gasteiger partial charge in [-0.05, 0) is 37.0 Å². The molecule has 26 heavy (non-hydrogen) atoms. The van der Waals surface area contributed by atoms with Crippen LogP contribution in [0.25, 0.3) is 0 Å². The Bertz CT molecular complexity index is 782. The SMILES string of the molecule is CNC(=O)CCc1cccc(NC(=O)N(Cc2cnn(C)c2)C2CC2)c1. The molecule has 1 fully saturated rings. The first-order valence-corrected chi connectivity index (χ1v) is 8.90. The smallest absolute Gasteiger partial charge is 0.322 e. The minimum Gasteiger partial charge on any atom is -0.359 e. The predicted octanol–water partition coefficient (Wildman–Crippen LogP) is 2.30. The quantitative estimate of drug-likeness (QED) is 0.800. The average molecular weight is 355 g/mol. The van der Waals surface area contributed by atoms with Crippen molar-refractivity contribution >= 4 is 17.6 Å². The molecule has 0 bridgehead atoms. The monoisotopic (exact) mass is 355 g/mol. The number of amides is 3. The van der Waals surface area contributed by atoms with Gasteiger partial charge < -0.3 is 15.5 Å². The Labute approximate surface area is 153 Å². The van der Waals surface area contributed by atoms with E-state index >= 15 is 0 Å². The van der Waals surface area contributed by atoms with Crippen LogP contribution in [0.3, 0.4) is 0 Å². The summed E-state index contributed by atoms with van der Waals surface area (Å²) < 4.78 is 1.74. The third-order valence-corrected chi connectivity index (χ3v) is 4.46. The second-order valence-electron chi connectivity index (χ2n) is 6.69. The maximum Gasteiger partial charge on any atom is 0.322 e. The summed E-state index contributed by atoms with van der Waals surface area (Å²) in [4.78, 5) is 26.0. The van der Waals surface area contributed by atoms with Gasteiger partial charge in [0.05, 0.1) is 12.7 Å². The third-order valence-electron chi connectivity index (χ3n) is 4.46. The fraction of sp³-hybridized carbons (Fsp3) is 0.421. The highest BCUT2D eigenvalue weighted by Crippen LogP contribution is 2.29. The summed E-state index contributed by atoms with van der Waals surface area (Å²) in [5, 5.41) is 9.78. The Morgan fingerprint density at radius 1 is 1.31 bits per heavy atom. The zero-order valence-corrected chi connectivity index (χ0v) is 15.2. The fourth-order valence-corrected chi connectivity index (χ4v) is 2.89. The lowest BCUT2D eigenvalue weighted by Gasteiger charge is -2.22. The van der Waals surface area contributed by atoms with Crippen molar-refractivity contribution in [2.75, 3.05) is 12.4 Å². The number of nitrogens with zero attached hydrogens (tertiary/aromatic N) is 3. The average Bonchev–Trinajstić information content (AvgIpc) is 3.39. The molecule has 1 aromatic carbocycles. The van der Waals surface area contributed by atoms with E-state index in [0.717, 1.165) is 29.7 Å². The van der Waals surface area contributed by atoms with Gasteiger partial charge in [0.2, 0.25) is 5.91 Å². The molecule has 1 heterocycles. The van der Waals surface area contributed by atoms with Crippen molar-refractivity contribution in [1.82, 2.24) is 20.0 Å². The maximum atomic E-state index is 12.8. The van der Waals surface area contributed by atoms with Crippen molar-refractivity contribution in [2.45, 2.75) is 38.3 Å². The molecule has 0 unspecified atom stereocenters. The van der Waals surface area contributed by atoms with Gasteiger partial charge in [-0.1, -0.05) is 12.1 Å². The second-order valence-corrected chi connectivity index (χ2v) is 6.69. The number of hydrogen-bond donors (Lipinski definition) is 2. The lowest BCUT2D eigenvalue weighted by Crippen LogP contribution is -2.36. The van der Waals surface area contributed by atoms with Crippen LogP contribution in [0.4, 0.5) is 10.5 Å². The molecule has 3 amide bonds. The molecule has 1 aliphatic carbocycles. The van der Waals surface area contributed by atoms with Crippen LogP contribution in [-0.2, 0) is 24.8 Å². The summed E-state index contributed by atoms with van der Waals surface area (Å²) in [6.07, 6.45) is 6.89. The molecule has 2 aromatic rings. The number of anilines is 1. The molecule has 1 saturated carbocycles. The number of nitrogens with one attached hydrogen (secondary N) is 2. The van der Waals surface area contributed by atoms with Crippen molar-refractivity contribution in [3.05, 3.63) is 47.8 Å². The number of aryl methyl sites for hydroxylation is 2. The number of urea groups is 1. The maximum absolute atomic E-state index is 12.8. The van der Waals surface area contributed by atoms with Gasteiger partial charge in [0.1, 0.15) is 0 Å². The van der Waals surface area contributed by atoms with Crippen LogP contribution in [0.15, 0.2) is 36.7 Å². The minimum atomic E-state index is -0.0974. The topological polar surface area (TPSA) is 79.3 Å². The predicted molar refractivity (Wildman–Crippen MR) is 99.6 cm³/mol. The first-order valence-electron chi connectivity index (χ1n) is 8.90. The molecule has 1 aliphatic rings. The van der Waals surface area contributed by atoms with Crippen LogP contribution in [0.5, 0.6) is 0 Å². The molecule has 0 atom stereocenters. The summed E-state index contributed by atoms with van der Waals surface area (Å²) >= 11 is 0. The van der Waals surface area contributed by atoms with Gasteiger partial charge in [0, 0.05) is 44.0 Å². The first kappa shape index (κ1) is 18.0. The number of benzene rings is 1. The van der Waals surface area contributed by atoms with Gasteiger partial charge in [0.25, 0.3) is 0 Å². The number of carbonyl (C=O) groups is 2. The summed E-state index contributed by atoms with van der Waals surface area (Å²) in [6.45, 7) is 0.556. The minimum absolute atomic E-state index is 0.0100. The molecular weight excluding hydrogens is 330 g/mol. The molecule has 138 valence electrons. The van der Waals surface area contributed by atoms with Crippen molar-refractivity contribution in [1.29, 1.82) is 0 Å². The second kappa shape index (κ2) is 8.03. The molecule has 0 saturated heterocycles. The standard InChI is InChI=1S/C19H25N5O2/c1-20-18(25)9-6-14-4-3-5-16(10-14)22-19(26)24(17-7-8-17)13-15-11-21-23(2)12-15/h3-5,10-12,17H,6-9,13H2,1-2H3,(H,20,25)(H,22,26). The van der Waals surface area contributed by atoms with Crippen LogP contribution >= 0.6 is 0 Å². The van der Waals surface area contributed by atoms with Crippen LogP contribution in [-0.4, -0.2) is 39.7 Å². The van der Waals surface area contributed by atoms with E-state index in [1.54, 1.807) is 17.9 Å². The molecule has 7 nitrogen and oxygen atoms in total. The van der Waals surface area contributed by atoms with Gasteiger partial charge >= 0.3 is 6.03 Å². The highest BCUT2D eigenvalue weighted by Gasteiger charge is 2.32. The van der Waals surface area contributed by atoms with Crippen LogP contribution in [0.1, 0.15) is 30.4 Å². The van der Waals surface area contributed by atoms with Crippen LogP contribution in [0, 0.1) is 0 Å². The Morgan fingerprint density at radius 3 is 2.77 bits per heavy atom. The number of hydrogen-bond acceptors (Lipinski definition) is 3. The molecule has 0 spiro atoms. The molecule has 7 heteroatoms. The highest BCUT2D eigenvalue weighted by atomic mass is 16.2. The zero-order chi connectivity index (χ0) is 18.5. The molecule has 2 N–H and O–H groups in total. The normalized spacial score (nSPS) is 13.3. The van der Waals surface area contributed by atoms with Crippen LogP contribution in [0.2, 0.25) is 0 Å². The lowest BCUT2D eigenvalue weighted by molar-refractivity contribution is -0.120. The lowest BCUT2D eigenvalue weighted by atomic mass is 10.1. The van der Waals surface area contributed by atoms with E-state index in [0.29, 0.717) is 25.4 Å². The summed E-state index contributed by atoms with van der Waals surface area (Å²) in [6, 6.07) is 7.86. The Hall–Kier alpha value is -2.83. The van der Waals surface area contributed by atoms with Gasteiger partial charge in [-0.3, -0.25) is 9.48 Å². The summed E-state index contributed by atoms with van der Waals surface area (Å²) in [5.41, 5.74) is 2.80. The van der Waals surface area contributed by atoms with E-state index < -0.39 is 0 Å². The summed E-state index contributed by atoms with van der Waals surface area (Å²) in [7, 11) is 3.50. The van der Waals surface area contributed by atoms with E-state index in [1.165, 1.54) is 0 Å². The first-order chi connectivity index (χ1) is 12.5. The molecule has 3 rings (SSSR count). The van der Waals surface area contributed by atoms with Crippen LogP contribution < -0.4 is 10.6 Å². The third kappa shape index (κ3) is 4.84. The zero-order valence-electron chi connectivity index (χ0n) is 15.2. The largest absolute Gasteiger partial charge is 0.359 e. The van der Waals surface area contributed by atoms with Gasteiger partial charge in [-0.2, -0.15) is 5.10 Å². The highest BCUT2D eigenvalue weighted by molar-refractivity contribution is 5.89. The van der Waals surface area contributed by atoms with Crippen molar-refractivity contribution < 1.29 is 9.59 Å². The number of rotatable bonds is 7. The summed E-state index contributed by atoms with van der Waals surface area (Å²) in [5.74, 6) is 0.0100. The number of aromatic nitrogens is 2. The Balaban J connectivity index is 1.62. The van der Waals surface area contributed by atoms with E-state index in [1.807, 2.05) is 42.4 Å². The van der Waals surface area contributed by atoms with Crippen molar-refractivity contribution in [2.24, 2.45) is 7.05 Å². The van der Waals surface area contributed by atoms with Crippen molar-refractivity contribution in [3.8, 4) is 0 Å². The fourth-order valence-electron chi connectivity index (χ4n) is 2.89. The Kier molecular flexibility index (Phi) is 5.55. The number of carbonyl (C=O) groups excluding carboxylic acids is 2.